The highest BCUT2D eigenvalue weighted by atomic mass is 35.5. The number of halogens is 3. The summed E-state index contributed by atoms with van der Waals surface area (Å²) >= 11 is 20.0. The lowest BCUT2D eigenvalue weighted by molar-refractivity contribution is -0.139. The Morgan fingerprint density at radius 3 is 2.24 bits per heavy atom. The summed E-state index contributed by atoms with van der Waals surface area (Å²) in [6.07, 6.45) is 0.481. The summed E-state index contributed by atoms with van der Waals surface area (Å²) in [5.41, 5.74) is 1.71. The fraction of sp³-hybridized carbons (Fsp3) is 0.333. The average Bonchev–Trinajstić information content (AvgIpc) is 2.71. The maximum absolute atomic E-state index is 13.1. The molecule has 1 N–H and O–H groups in total. The van der Waals surface area contributed by atoms with Crippen LogP contribution in [0.5, 0.6) is 0 Å². The molecule has 0 aliphatic heterocycles. The predicted molar refractivity (Wildman–Crippen MR) is 123 cm³/mol. The van der Waals surface area contributed by atoms with Crippen molar-refractivity contribution in [3.05, 3.63) is 68.7 Å². The van der Waals surface area contributed by atoms with Gasteiger partial charge in [0.2, 0.25) is 11.8 Å². The van der Waals surface area contributed by atoms with Crippen LogP contribution in [0, 0.1) is 0 Å². The van der Waals surface area contributed by atoms with Gasteiger partial charge in [-0.25, -0.2) is 0 Å². The second-order valence-corrected chi connectivity index (χ2v) is 8.62. The molecular formula is C21H23Cl3N2O2S. The Morgan fingerprint density at radius 2 is 1.69 bits per heavy atom. The quantitative estimate of drug-likeness (QED) is 0.528. The minimum absolute atomic E-state index is 0.143. The summed E-state index contributed by atoms with van der Waals surface area (Å²) in [5.74, 6) is 0.542. The molecule has 0 aromatic heterocycles. The molecule has 4 nitrogen and oxygen atoms in total. The van der Waals surface area contributed by atoms with E-state index in [2.05, 4.69) is 5.32 Å². The average molecular weight is 474 g/mol. The Hall–Kier alpha value is -1.40. The zero-order valence-electron chi connectivity index (χ0n) is 16.3. The number of carbonyl (C=O) groups is 2. The molecule has 2 aromatic rings. The van der Waals surface area contributed by atoms with Crippen molar-refractivity contribution < 1.29 is 9.59 Å². The number of hydrogen-bond acceptors (Lipinski definition) is 3. The van der Waals surface area contributed by atoms with Crippen LogP contribution in [0.3, 0.4) is 0 Å². The minimum atomic E-state index is -0.601. The van der Waals surface area contributed by atoms with Crippen molar-refractivity contribution in [3.8, 4) is 0 Å². The second kappa shape index (κ2) is 11.7. The molecule has 0 fully saturated rings. The Labute approximate surface area is 190 Å². The fourth-order valence-corrected chi connectivity index (χ4v) is 4.37. The van der Waals surface area contributed by atoms with Crippen LogP contribution in [-0.4, -0.2) is 35.6 Å². The van der Waals surface area contributed by atoms with Gasteiger partial charge < -0.3 is 10.2 Å². The number of hydrogen-bond donors (Lipinski definition) is 1. The van der Waals surface area contributed by atoms with Crippen LogP contribution in [0.15, 0.2) is 42.5 Å². The van der Waals surface area contributed by atoms with Crippen molar-refractivity contribution in [1.29, 1.82) is 0 Å². The third-order valence-electron chi connectivity index (χ3n) is 4.43. The molecule has 0 spiro atoms. The van der Waals surface area contributed by atoms with Gasteiger partial charge in [0.15, 0.2) is 0 Å². The molecule has 0 bridgehead atoms. The number of amides is 2. The molecule has 0 saturated heterocycles. The zero-order chi connectivity index (χ0) is 21.4. The van der Waals surface area contributed by atoms with Gasteiger partial charge in [0, 0.05) is 40.0 Å². The number of likely N-dealkylation sites (N-methyl/N-ethyl adjacent to an activating group) is 1. The van der Waals surface area contributed by atoms with Gasteiger partial charge in [0.1, 0.15) is 6.04 Å². The molecule has 0 saturated carbocycles. The first kappa shape index (κ1) is 23.9. The third kappa shape index (κ3) is 6.82. The van der Waals surface area contributed by atoms with E-state index < -0.39 is 6.04 Å². The van der Waals surface area contributed by atoms with E-state index in [4.69, 9.17) is 34.8 Å². The van der Waals surface area contributed by atoms with E-state index in [1.165, 1.54) is 11.8 Å². The normalized spacial score (nSPS) is 11.8. The highest BCUT2D eigenvalue weighted by Gasteiger charge is 2.29. The van der Waals surface area contributed by atoms with Crippen molar-refractivity contribution in [2.24, 2.45) is 0 Å². The maximum atomic E-state index is 13.1. The SMILES string of the molecule is CCC(C(=O)NC)N(Cc1c(Cl)cccc1Cl)C(=O)CSCc1ccc(Cl)cc1. The highest BCUT2D eigenvalue weighted by Crippen LogP contribution is 2.27. The van der Waals surface area contributed by atoms with Crippen LogP contribution in [0.4, 0.5) is 0 Å². The van der Waals surface area contributed by atoms with Crippen molar-refractivity contribution in [2.45, 2.75) is 31.7 Å². The van der Waals surface area contributed by atoms with Gasteiger partial charge in [-0.3, -0.25) is 9.59 Å². The number of nitrogens with one attached hydrogen (secondary N) is 1. The molecular weight excluding hydrogens is 451 g/mol. The standard InChI is InChI=1S/C21H23Cl3N2O2S/c1-3-19(21(28)25-2)26(11-16-17(23)5-4-6-18(16)24)20(27)13-29-12-14-7-9-15(22)10-8-14/h4-10,19H,3,11-13H2,1-2H3,(H,25,28). The molecule has 8 heteroatoms. The Kier molecular flexibility index (Phi) is 9.63. The number of thioether (sulfide) groups is 1. The largest absolute Gasteiger partial charge is 0.357 e. The number of carbonyl (C=O) groups excluding carboxylic acids is 2. The summed E-state index contributed by atoms with van der Waals surface area (Å²) in [5, 5.41) is 4.25. The van der Waals surface area contributed by atoms with Gasteiger partial charge in [-0.05, 0) is 36.2 Å². The van der Waals surface area contributed by atoms with Gasteiger partial charge in [0.25, 0.3) is 0 Å². The first-order valence-corrected chi connectivity index (χ1v) is 11.4. The lowest BCUT2D eigenvalue weighted by Gasteiger charge is -2.30. The zero-order valence-corrected chi connectivity index (χ0v) is 19.3. The fourth-order valence-electron chi connectivity index (χ4n) is 2.86. The number of nitrogens with zero attached hydrogens (tertiary/aromatic N) is 1. The lowest BCUT2D eigenvalue weighted by atomic mass is 10.1. The van der Waals surface area contributed by atoms with E-state index in [1.54, 1.807) is 30.1 Å². The molecule has 0 heterocycles. The topological polar surface area (TPSA) is 49.4 Å². The van der Waals surface area contributed by atoms with Crippen LogP contribution < -0.4 is 5.32 Å². The Bertz CT molecular complexity index is 826. The van der Waals surface area contributed by atoms with Gasteiger partial charge in [-0.1, -0.05) is 59.9 Å². The molecule has 0 radical (unpaired) electrons. The van der Waals surface area contributed by atoms with Crippen LogP contribution in [0.2, 0.25) is 15.1 Å². The summed E-state index contributed by atoms with van der Waals surface area (Å²) in [6, 6.07) is 12.1. The van der Waals surface area contributed by atoms with Crippen molar-refractivity contribution in [1.82, 2.24) is 10.2 Å². The maximum Gasteiger partial charge on any atom is 0.242 e. The minimum Gasteiger partial charge on any atom is -0.357 e. The third-order valence-corrected chi connectivity index (χ3v) is 6.38. The van der Waals surface area contributed by atoms with Crippen LogP contribution in [0.1, 0.15) is 24.5 Å². The van der Waals surface area contributed by atoms with Crippen molar-refractivity contribution in [3.63, 3.8) is 0 Å². The number of rotatable bonds is 9. The van der Waals surface area contributed by atoms with E-state index in [0.717, 1.165) is 5.56 Å². The first-order chi connectivity index (χ1) is 13.9. The number of benzene rings is 2. The highest BCUT2D eigenvalue weighted by molar-refractivity contribution is 7.99. The van der Waals surface area contributed by atoms with Gasteiger partial charge in [0.05, 0.1) is 5.75 Å². The van der Waals surface area contributed by atoms with Crippen molar-refractivity contribution >= 4 is 58.4 Å². The molecule has 29 heavy (non-hydrogen) atoms. The molecule has 156 valence electrons. The monoisotopic (exact) mass is 472 g/mol. The molecule has 0 aliphatic carbocycles. The van der Waals surface area contributed by atoms with Crippen LogP contribution in [0.25, 0.3) is 0 Å². The smallest absolute Gasteiger partial charge is 0.242 e. The van der Waals surface area contributed by atoms with E-state index in [-0.39, 0.29) is 24.1 Å². The second-order valence-electron chi connectivity index (χ2n) is 6.38. The predicted octanol–water partition coefficient (Wildman–Crippen LogP) is 5.43. The van der Waals surface area contributed by atoms with Crippen LogP contribution >= 0.6 is 46.6 Å². The molecule has 2 amide bonds. The van der Waals surface area contributed by atoms with E-state index in [9.17, 15) is 9.59 Å². The summed E-state index contributed by atoms with van der Waals surface area (Å²) in [6.45, 7) is 2.04. The summed E-state index contributed by atoms with van der Waals surface area (Å²) < 4.78 is 0. The van der Waals surface area contributed by atoms with Crippen LogP contribution in [-0.2, 0) is 21.9 Å². The van der Waals surface area contributed by atoms with E-state index in [0.29, 0.717) is 32.8 Å². The summed E-state index contributed by atoms with van der Waals surface area (Å²) in [7, 11) is 1.56. The molecule has 2 rings (SSSR count). The van der Waals surface area contributed by atoms with Gasteiger partial charge in [-0.15, -0.1) is 11.8 Å². The Morgan fingerprint density at radius 1 is 1.07 bits per heavy atom. The lowest BCUT2D eigenvalue weighted by Crippen LogP contribution is -2.48. The molecule has 1 atom stereocenters. The molecule has 2 aromatic carbocycles. The summed E-state index contributed by atoms with van der Waals surface area (Å²) in [4.78, 5) is 27.0. The first-order valence-electron chi connectivity index (χ1n) is 9.13. The Balaban J connectivity index is 2.15. The van der Waals surface area contributed by atoms with Crippen molar-refractivity contribution in [2.75, 3.05) is 12.8 Å². The molecule has 0 aliphatic rings. The van der Waals surface area contributed by atoms with Gasteiger partial charge in [-0.2, -0.15) is 0 Å². The van der Waals surface area contributed by atoms with E-state index >= 15 is 0 Å². The van der Waals surface area contributed by atoms with Gasteiger partial charge >= 0.3 is 0 Å². The molecule has 1 unspecified atom stereocenters. The van der Waals surface area contributed by atoms with E-state index in [1.807, 2.05) is 31.2 Å².